The zero-order valence-corrected chi connectivity index (χ0v) is 20.5. The first-order valence-electron chi connectivity index (χ1n) is 11.2. The topological polar surface area (TPSA) is 115 Å². The predicted molar refractivity (Wildman–Crippen MR) is 136 cm³/mol. The second kappa shape index (κ2) is 12.2. The molecule has 2 amide bonds. The van der Waals surface area contributed by atoms with E-state index in [4.69, 9.17) is 14.2 Å². The third-order valence-electron chi connectivity index (χ3n) is 4.99. The molecule has 2 N–H and O–H groups in total. The molecule has 0 fully saturated rings. The summed E-state index contributed by atoms with van der Waals surface area (Å²) in [4.78, 5) is 36.8. The van der Waals surface area contributed by atoms with Crippen LogP contribution in [0.3, 0.4) is 0 Å². The number of aryl methyl sites for hydroxylation is 1. The summed E-state index contributed by atoms with van der Waals surface area (Å²) in [5.74, 6) is -1.11. The van der Waals surface area contributed by atoms with Gasteiger partial charge in [0.1, 0.15) is 5.75 Å². The van der Waals surface area contributed by atoms with Gasteiger partial charge in [-0.1, -0.05) is 17.7 Å². The second-order valence-electron chi connectivity index (χ2n) is 7.67. The lowest BCUT2D eigenvalue weighted by molar-refractivity contribution is -0.136. The Labute approximate surface area is 209 Å². The molecule has 0 aliphatic heterocycles. The van der Waals surface area contributed by atoms with E-state index in [-0.39, 0.29) is 5.75 Å². The molecule has 0 atom stereocenters. The lowest BCUT2D eigenvalue weighted by Crippen LogP contribution is -2.32. The molecule has 0 aliphatic carbocycles. The van der Waals surface area contributed by atoms with Crippen LogP contribution in [0.2, 0.25) is 0 Å². The smallest absolute Gasteiger partial charge is 0.343 e. The summed E-state index contributed by atoms with van der Waals surface area (Å²) in [7, 11) is 1.45. The summed E-state index contributed by atoms with van der Waals surface area (Å²) in [6, 6.07) is 18.5. The normalized spacial score (nSPS) is 10.8. The number of amides is 2. The van der Waals surface area contributed by atoms with E-state index in [1.54, 1.807) is 67.6 Å². The zero-order chi connectivity index (χ0) is 26.1. The highest BCUT2D eigenvalue weighted by Gasteiger charge is 2.16. The highest BCUT2D eigenvalue weighted by molar-refractivity contribution is 6.39. The van der Waals surface area contributed by atoms with Gasteiger partial charge in [0.25, 0.3) is 0 Å². The Morgan fingerprint density at radius 1 is 0.889 bits per heavy atom. The minimum absolute atomic E-state index is 0.235. The summed E-state index contributed by atoms with van der Waals surface area (Å²) in [6.45, 7) is 5.93. The van der Waals surface area contributed by atoms with Crippen molar-refractivity contribution >= 4 is 29.2 Å². The van der Waals surface area contributed by atoms with Gasteiger partial charge < -0.3 is 19.5 Å². The predicted octanol–water partition coefficient (Wildman–Crippen LogP) is 4.10. The lowest BCUT2D eigenvalue weighted by Gasteiger charge is -2.11. The van der Waals surface area contributed by atoms with Gasteiger partial charge in [-0.15, -0.1) is 0 Å². The van der Waals surface area contributed by atoms with Crippen molar-refractivity contribution in [3.8, 4) is 17.2 Å². The Kier molecular flexibility index (Phi) is 8.77. The monoisotopic (exact) mass is 489 g/mol. The molecular weight excluding hydrogens is 462 g/mol. The molecule has 0 bridgehead atoms. The molecule has 9 heteroatoms. The molecule has 3 aromatic rings. The van der Waals surface area contributed by atoms with Crippen LogP contribution in [0, 0.1) is 6.92 Å². The Balaban J connectivity index is 1.63. The van der Waals surface area contributed by atoms with Crippen LogP contribution in [0.4, 0.5) is 5.69 Å². The van der Waals surface area contributed by atoms with Gasteiger partial charge in [0.15, 0.2) is 11.5 Å². The first-order valence-corrected chi connectivity index (χ1v) is 11.2. The van der Waals surface area contributed by atoms with E-state index >= 15 is 0 Å². The first-order chi connectivity index (χ1) is 17.3. The van der Waals surface area contributed by atoms with Gasteiger partial charge in [-0.3, -0.25) is 9.59 Å². The third kappa shape index (κ3) is 6.92. The molecule has 186 valence electrons. The summed E-state index contributed by atoms with van der Waals surface area (Å²) in [5.41, 5.74) is 5.04. The number of nitrogens with zero attached hydrogens (tertiary/aromatic N) is 1. The van der Waals surface area contributed by atoms with Gasteiger partial charge >= 0.3 is 17.8 Å². The number of methoxy groups -OCH3 is 1. The number of ether oxygens (including phenoxy) is 3. The van der Waals surface area contributed by atoms with Crippen molar-refractivity contribution in [2.45, 2.75) is 20.8 Å². The molecule has 0 aliphatic rings. The molecule has 3 rings (SSSR count). The van der Waals surface area contributed by atoms with Gasteiger partial charge in [0.05, 0.1) is 25.0 Å². The number of nitrogens with one attached hydrogen (secondary N) is 2. The maximum atomic E-state index is 12.5. The Bertz CT molecular complexity index is 1280. The van der Waals surface area contributed by atoms with Gasteiger partial charge in [-0.2, -0.15) is 5.10 Å². The van der Waals surface area contributed by atoms with Crippen molar-refractivity contribution in [1.29, 1.82) is 0 Å². The van der Waals surface area contributed by atoms with Gasteiger partial charge in [0.2, 0.25) is 0 Å². The Morgan fingerprint density at radius 2 is 1.64 bits per heavy atom. The van der Waals surface area contributed by atoms with Crippen LogP contribution in [0.5, 0.6) is 17.2 Å². The van der Waals surface area contributed by atoms with E-state index in [2.05, 4.69) is 15.8 Å². The molecule has 36 heavy (non-hydrogen) atoms. The van der Waals surface area contributed by atoms with Crippen LogP contribution >= 0.6 is 0 Å². The maximum Gasteiger partial charge on any atom is 0.343 e. The third-order valence-corrected chi connectivity index (χ3v) is 4.99. The quantitative estimate of drug-likeness (QED) is 0.162. The molecule has 0 spiro atoms. The van der Waals surface area contributed by atoms with Crippen molar-refractivity contribution in [2.24, 2.45) is 5.10 Å². The molecule has 0 heterocycles. The number of rotatable bonds is 8. The van der Waals surface area contributed by atoms with Crippen molar-refractivity contribution in [2.75, 3.05) is 19.0 Å². The van der Waals surface area contributed by atoms with E-state index in [0.717, 1.165) is 5.56 Å². The maximum absolute atomic E-state index is 12.5. The Morgan fingerprint density at radius 3 is 2.31 bits per heavy atom. The van der Waals surface area contributed by atoms with Crippen molar-refractivity contribution in [3.05, 3.63) is 83.4 Å². The largest absolute Gasteiger partial charge is 0.494 e. The van der Waals surface area contributed by atoms with E-state index in [0.29, 0.717) is 40.6 Å². The SMILES string of the molecule is CCOc1ccc(NC(=O)C(=O)N/N=C(\C)c2ccc(OC(=O)c3cccc(C)c3)c(OC)c2)cc1. The summed E-state index contributed by atoms with van der Waals surface area (Å²) in [6.07, 6.45) is 0. The first kappa shape index (κ1) is 26.0. The molecule has 0 radical (unpaired) electrons. The highest BCUT2D eigenvalue weighted by atomic mass is 16.6. The fourth-order valence-corrected chi connectivity index (χ4v) is 3.15. The molecule has 0 aromatic heterocycles. The van der Waals surface area contributed by atoms with Crippen LogP contribution in [-0.4, -0.2) is 37.2 Å². The number of benzene rings is 3. The van der Waals surface area contributed by atoms with E-state index in [9.17, 15) is 14.4 Å². The van der Waals surface area contributed by atoms with Gasteiger partial charge in [0, 0.05) is 11.3 Å². The number of anilines is 1. The minimum atomic E-state index is -0.932. The number of hydrogen-bond donors (Lipinski definition) is 2. The zero-order valence-electron chi connectivity index (χ0n) is 20.5. The van der Waals surface area contributed by atoms with Crippen molar-refractivity contribution in [1.82, 2.24) is 5.43 Å². The Hall–Kier alpha value is -4.66. The van der Waals surface area contributed by atoms with Crippen LogP contribution in [-0.2, 0) is 9.59 Å². The number of hydrazone groups is 1. The molecule has 9 nitrogen and oxygen atoms in total. The number of esters is 1. The molecule has 0 saturated heterocycles. The molecule has 3 aromatic carbocycles. The summed E-state index contributed by atoms with van der Waals surface area (Å²) >= 11 is 0. The standard InChI is InChI=1S/C27H27N3O6/c1-5-35-22-12-10-21(11-13-22)28-25(31)26(32)30-29-18(3)19-9-14-23(24(16-19)34-4)36-27(33)20-8-6-7-17(2)15-20/h6-16H,5H2,1-4H3,(H,28,31)(H,30,32)/b29-18+. The van der Waals surface area contributed by atoms with Crippen LogP contribution in [0.1, 0.15) is 35.3 Å². The van der Waals surface area contributed by atoms with Crippen molar-refractivity contribution in [3.63, 3.8) is 0 Å². The minimum Gasteiger partial charge on any atom is -0.494 e. The number of carbonyl (C=O) groups excluding carboxylic acids is 3. The summed E-state index contributed by atoms with van der Waals surface area (Å²) < 4.78 is 16.2. The average molecular weight is 490 g/mol. The van der Waals surface area contributed by atoms with E-state index in [1.807, 2.05) is 19.9 Å². The van der Waals surface area contributed by atoms with E-state index in [1.165, 1.54) is 7.11 Å². The van der Waals surface area contributed by atoms with E-state index < -0.39 is 17.8 Å². The second-order valence-corrected chi connectivity index (χ2v) is 7.67. The van der Waals surface area contributed by atoms with Crippen molar-refractivity contribution < 1.29 is 28.6 Å². The van der Waals surface area contributed by atoms with Crippen LogP contribution in [0.25, 0.3) is 0 Å². The fourth-order valence-electron chi connectivity index (χ4n) is 3.15. The number of carbonyl (C=O) groups is 3. The van der Waals surface area contributed by atoms with Gasteiger partial charge in [-0.05, 0) is 75.4 Å². The molecular formula is C27H27N3O6. The lowest BCUT2D eigenvalue weighted by atomic mass is 10.1. The van der Waals surface area contributed by atoms with Crippen LogP contribution < -0.4 is 25.0 Å². The highest BCUT2D eigenvalue weighted by Crippen LogP contribution is 2.29. The van der Waals surface area contributed by atoms with Gasteiger partial charge in [-0.25, -0.2) is 10.2 Å². The van der Waals surface area contributed by atoms with Crippen LogP contribution in [0.15, 0.2) is 71.8 Å². The molecule has 0 unspecified atom stereocenters. The summed E-state index contributed by atoms with van der Waals surface area (Å²) in [5, 5.41) is 6.48. The molecule has 0 saturated carbocycles. The number of hydrogen-bond acceptors (Lipinski definition) is 7. The fraction of sp³-hybridized carbons (Fsp3) is 0.185. The average Bonchev–Trinajstić information content (AvgIpc) is 2.88.